The number of carbonyl (C=O) groups is 1. The van der Waals surface area contributed by atoms with Crippen molar-refractivity contribution in [3.63, 3.8) is 0 Å². The number of ether oxygens (including phenoxy) is 1. The molecule has 2 N–H and O–H groups in total. The zero-order valence-corrected chi connectivity index (χ0v) is 17.3. The first-order valence-electron chi connectivity index (χ1n) is 9.85. The molecule has 1 atom stereocenters. The molecule has 0 aromatic heterocycles. The summed E-state index contributed by atoms with van der Waals surface area (Å²) in [6, 6.07) is 15.2. The van der Waals surface area contributed by atoms with Gasteiger partial charge in [-0.1, -0.05) is 24.3 Å². The molecule has 1 aliphatic heterocycles. The van der Waals surface area contributed by atoms with Crippen LogP contribution >= 0.6 is 0 Å². The van der Waals surface area contributed by atoms with E-state index in [9.17, 15) is 9.90 Å². The van der Waals surface area contributed by atoms with Gasteiger partial charge in [0.1, 0.15) is 11.5 Å². The summed E-state index contributed by atoms with van der Waals surface area (Å²) in [7, 11) is 5.66. The molecular formula is C22H30N4O3. The van der Waals surface area contributed by atoms with Crippen molar-refractivity contribution in [3.05, 3.63) is 54.1 Å². The molecule has 2 amide bonds. The fourth-order valence-corrected chi connectivity index (χ4v) is 3.63. The molecule has 0 bridgehead atoms. The number of rotatable bonds is 6. The Morgan fingerprint density at radius 3 is 2.52 bits per heavy atom. The number of amides is 2. The number of benzene rings is 2. The molecule has 7 nitrogen and oxygen atoms in total. The van der Waals surface area contributed by atoms with Crippen molar-refractivity contribution >= 4 is 11.7 Å². The summed E-state index contributed by atoms with van der Waals surface area (Å²) < 4.78 is 5.32. The van der Waals surface area contributed by atoms with E-state index in [1.807, 2.05) is 61.5 Å². The first-order valence-corrected chi connectivity index (χ1v) is 9.85. The summed E-state index contributed by atoms with van der Waals surface area (Å²) in [5.74, 6) is 1.08. The van der Waals surface area contributed by atoms with Gasteiger partial charge in [-0.05, 0) is 43.9 Å². The third kappa shape index (κ3) is 5.12. The van der Waals surface area contributed by atoms with E-state index in [4.69, 9.17) is 4.74 Å². The van der Waals surface area contributed by atoms with Crippen LogP contribution in [0.15, 0.2) is 48.5 Å². The Bertz CT molecular complexity index is 819. The van der Waals surface area contributed by atoms with Gasteiger partial charge in [0, 0.05) is 32.7 Å². The highest BCUT2D eigenvalue weighted by atomic mass is 16.5. The van der Waals surface area contributed by atoms with Crippen molar-refractivity contribution in [3.8, 4) is 11.5 Å². The number of aromatic hydroxyl groups is 1. The molecule has 0 saturated carbocycles. The maximum atomic E-state index is 12.7. The van der Waals surface area contributed by atoms with Gasteiger partial charge in [-0.2, -0.15) is 0 Å². The summed E-state index contributed by atoms with van der Waals surface area (Å²) in [6.07, 6.45) is 0. The summed E-state index contributed by atoms with van der Waals surface area (Å²) in [5.41, 5.74) is 1.91. The lowest BCUT2D eigenvalue weighted by atomic mass is 10.1. The number of methoxy groups -OCH3 is 1. The van der Waals surface area contributed by atoms with Gasteiger partial charge in [-0.3, -0.25) is 0 Å². The van der Waals surface area contributed by atoms with Gasteiger partial charge in [0.25, 0.3) is 0 Å². The van der Waals surface area contributed by atoms with Crippen molar-refractivity contribution in [1.29, 1.82) is 0 Å². The van der Waals surface area contributed by atoms with Crippen LogP contribution in [0.3, 0.4) is 0 Å². The topological polar surface area (TPSA) is 68.3 Å². The van der Waals surface area contributed by atoms with Gasteiger partial charge >= 0.3 is 6.03 Å². The number of phenolic OH excluding ortho intramolecular Hbond substituents is 1. The molecule has 1 heterocycles. The average molecular weight is 399 g/mol. The van der Waals surface area contributed by atoms with Crippen molar-refractivity contribution in [1.82, 2.24) is 15.1 Å². The molecule has 2 aromatic carbocycles. The van der Waals surface area contributed by atoms with E-state index in [0.29, 0.717) is 32.7 Å². The monoisotopic (exact) mass is 398 g/mol. The second kappa shape index (κ2) is 9.52. The Kier molecular flexibility index (Phi) is 6.82. The molecule has 0 radical (unpaired) electrons. The number of phenols is 1. The maximum Gasteiger partial charge on any atom is 0.317 e. The highest BCUT2D eigenvalue weighted by Crippen LogP contribution is 2.27. The number of nitrogens with one attached hydrogen (secondary N) is 1. The van der Waals surface area contributed by atoms with Gasteiger partial charge in [-0.25, -0.2) is 4.79 Å². The molecule has 29 heavy (non-hydrogen) atoms. The fraction of sp³-hybridized carbons (Fsp3) is 0.409. The summed E-state index contributed by atoms with van der Waals surface area (Å²) in [6.45, 7) is 3.13. The van der Waals surface area contributed by atoms with Gasteiger partial charge in [-0.15, -0.1) is 0 Å². The van der Waals surface area contributed by atoms with Gasteiger partial charge in [0.05, 0.1) is 18.8 Å². The maximum absolute atomic E-state index is 12.7. The third-order valence-corrected chi connectivity index (χ3v) is 5.34. The first kappa shape index (κ1) is 20.8. The molecule has 1 unspecified atom stereocenters. The molecule has 0 aliphatic carbocycles. The Morgan fingerprint density at radius 2 is 1.86 bits per heavy atom. The fourth-order valence-electron chi connectivity index (χ4n) is 3.63. The minimum atomic E-state index is -0.0586. The van der Waals surface area contributed by atoms with E-state index in [0.717, 1.165) is 17.0 Å². The Labute approximate surface area is 172 Å². The van der Waals surface area contributed by atoms with E-state index >= 15 is 0 Å². The molecule has 1 aliphatic rings. The Hall–Kier alpha value is -2.93. The normalized spacial score (nSPS) is 15.3. The average Bonchev–Trinajstić information content (AvgIpc) is 2.74. The Morgan fingerprint density at radius 1 is 1.14 bits per heavy atom. The minimum absolute atomic E-state index is 0.0524. The summed E-state index contributed by atoms with van der Waals surface area (Å²) in [5, 5.41) is 13.1. The van der Waals surface area contributed by atoms with Gasteiger partial charge in [0.2, 0.25) is 0 Å². The molecule has 1 fully saturated rings. The number of carbonyl (C=O) groups excluding carboxylic acids is 1. The smallest absolute Gasteiger partial charge is 0.317 e. The number of urea groups is 1. The first-order chi connectivity index (χ1) is 14.0. The number of para-hydroxylation sites is 2. The number of piperazine rings is 1. The van der Waals surface area contributed by atoms with Crippen LogP contribution in [0.5, 0.6) is 11.5 Å². The van der Waals surface area contributed by atoms with E-state index in [1.54, 1.807) is 13.2 Å². The van der Waals surface area contributed by atoms with E-state index in [-0.39, 0.29) is 17.8 Å². The van der Waals surface area contributed by atoms with Crippen LogP contribution in [0.1, 0.15) is 11.6 Å². The second-order valence-electron chi connectivity index (χ2n) is 7.40. The van der Waals surface area contributed by atoms with Crippen LogP contribution in [-0.4, -0.2) is 74.9 Å². The predicted molar refractivity (Wildman–Crippen MR) is 115 cm³/mol. The van der Waals surface area contributed by atoms with E-state index in [2.05, 4.69) is 15.1 Å². The highest BCUT2D eigenvalue weighted by Gasteiger charge is 2.24. The lowest BCUT2D eigenvalue weighted by molar-refractivity contribution is 0.189. The van der Waals surface area contributed by atoms with Crippen LogP contribution in [-0.2, 0) is 0 Å². The minimum Gasteiger partial charge on any atom is -0.506 e. The quantitative estimate of drug-likeness (QED) is 0.783. The molecule has 1 saturated heterocycles. The summed E-state index contributed by atoms with van der Waals surface area (Å²) >= 11 is 0. The number of hydrogen-bond acceptors (Lipinski definition) is 5. The third-order valence-electron chi connectivity index (χ3n) is 5.34. The van der Waals surface area contributed by atoms with Crippen LogP contribution in [0.25, 0.3) is 0 Å². The SMILES string of the molecule is COc1cccc(C(CNC(=O)N2CCN(c3ccccc3O)CC2)N(C)C)c1. The Balaban J connectivity index is 1.55. The van der Waals surface area contributed by atoms with Crippen LogP contribution < -0.4 is 15.0 Å². The van der Waals surface area contributed by atoms with Crippen LogP contribution in [0.4, 0.5) is 10.5 Å². The zero-order valence-electron chi connectivity index (χ0n) is 17.3. The molecule has 3 rings (SSSR count). The number of nitrogens with zero attached hydrogens (tertiary/aromatic N) is 3. The highest BCUT2D eigenvalue weighted by molar-refractivity contribution is 5.74. The van der Waals surface area contributed by atoms with Crippen LogP contribution in [0.2, 0.25) is 0 Å². The van der Waals surface area contributed by atoms with E-state index < -0.39 is 0 Å². The standard InChI is InChI=1S/C22H30N4O3/c1-24(2)20(17-7-6-8-18(15-17)29-3)16-23-22(28)26-13-11-25(12-14-26)19-9-4-5-10-21(19)27/h4-10,15,20,27H,11-14,16H2,1-3H3,(H,23,28). The molecule has 156 valence electrons. The van der Waals surface area contributed by atoms with Crippen molar-refractivity contribution in [2.75, 3.05) is 58.8 Å². The summed E-state index contributed by atoms with van der Waals surface area (Å²) in [4.78, 5) is 18.7. The number of likely N-dealkylation sites (N-methyl/N-ethyl adjacent to an activating group) is 1. The van der Waals surface area contributed by atoms with Crippen molar-refractivity contribution < 1.29 is 14.6 Å². The lowest BCUT2D eigenvalue weighted by Crippen LogP contribution is -2.52. The number of hydrogen-bond donors (Lipinski definition) is 2. The van der Waals surface area contributed by atoms with Crippen LogP contribution in [0, 0.1) is 0 Å². The van der Waals surface area contributed by atoms with E-state index in [1.165, 1.54) is 0 Å². The predicted octanol–water partition coefficient (Wildman–Crippen LogP) is 2.54. The second-order valence-corrected chi connectivity index (χ2v) is 7.40. The van der Waals surface area contributed by atoms with Gasteiger partial charge in [0.15, 0.2) is 0 Å². The van der Waals surface area contributed by atoms with Crippen molar-refractivity contribution in [2.24, 2.45) is 0 Å². The lowest BCUT2D eigenvalue weighted by Gasteiger charge is -2.36. The zero-order chi connectivity index (χ0) is 20.8. The number of anilines is 1. The largest absolute Gasteiger partial charge is 0.506 e. The molecule has 2 aromatic rings. The molecular weight excluding hydrogens is 368 g/mol. The van der Waals surface area contributed by atoms with Gasteiger partial charge < -0.3 is 29.9 Å². The molecule has 0 spiro atoms. The molecule has 7 heteroatoms. The van der Waals surface area contributed by atoms with Crippen molar-refractivity contribution in [2.45, 2.75) is 6.04 Å².